The second-order valence-corrected chi connectivity index (χ2v) is 2.85. The molecular weight excluding hydrogens is 162 g/mol. The highest BCUT2D eigenvalue weighted by Gasteiger charge is 2.37. The minimum Gasteiger partial charge on any atom is -0.381 e. The Morgan fingerprint density at radius 1 is 1.67 bits per heavy atom. The van der Waals surface area contributed by atoms with Crippen LogP contribution in [0.25, 0.3) is 0 Å². The van der Waals surface area contributed by atoms with Crippen molar-refractivity contribution >= 4 is 5.97 Å². The Bertz CT molecular complexity index is 161. The molecule has 0 bridgehead atoms. The molecule has 0 rings (SSSR count). The zero-order valence-electron chi connectivity index (χ0n) is 7.57. The maximum atomic E-state index is 11.0. The van der Waals surface area contributed by atoms with Gasteiger partial charge in [-0.05, 0) is 20.4 Å². The van der Waals surface area contributed by atoms with Crippen molar-refractivity contribution in [1.82, 2.24) is 4.90 Å². The van der Waals surface area contributed by atoms with Crippen molar-refractivity contribution < 1.29 is 20.0 Å². The molecule has 0 amide bonds. The van der Waals surface area contributed by atoms with Gasteiger partial charge in [-0.25, -0.2) is 4.79 Å². The van der Waals surface area contributed by atoms with Crippen molar-refractivity contribution in [3.63, 3.8) is 0 Å². The molecule has 1 unspecified atom stereocenters. The van der Waals surface area contributed by atoms with E-state index in [1.54, 1.807) is 20.9 Å². The van der Waals surface area contributed by atoms with Crippen LogP contribution in [0.4, 0.5) is 0 Å². The van der Waals surface area contributed by atoms with Crippen LogP contribution in [0.5, 0.6) is 0 Å². The van der Waals surface area contributed by atoms with Crippen LogP contribution in [0.2, 0.25) is 0 Å². The Hall–Kier alpha value is -0.650. The third-order valence-electron chi connectivity index (χ3n) is 2.27. The van der Waals surface area contributed by atoms with E-state index in [2.05, 4.69) is 4.89 Å². The molecule has 0 radical (unpaired) electrons. The summed E-state index contributed by atoms with van der Waals surface area (Å²) in [6, 6.07) is 0. The van der Waals surface area contributed by atoms with Crippen LogP contribution in [0.15, 0.2) is 0 Å². The largest absolute Gasteiger partial charge is 0.381 e. The van der Waals surface area contributed by atoms with Crippen LogP contribution >= 0.6 is 0 Å². The first-order valence-electron chi connectivity index (χ1n) is 3.70. The highest BCUT2D eigenvalue weighted by Crippen LogP contribution is 2.18. The second-order valence-electron chi connectivity index (χ2n) is 2.85. The Morgan fingerprint density at radius 2 is 2.17 bits per heavy atom. The smallest absolute Gasteiger partial charge is 0.361 e. The van der Waals surface area contributed by atoms with Gasteiger partial charge in [-0.3, -0.25) is 9.79 Å². The molecule has 0 aromatic rings. The quantitative estimate of drug-likeness (QED) is 0.361. The average Bonchev–Trinajstić information content (AvgIpc) is 2.13. The predicted octanol–water partition coefficient (Wildman–Crippen LogP) is 0.0529. The second kappa shape index (κ2) is 4.39. The summed E-state index contributed by atoms with van der Waals surface area (Å²) in [5.41, 5.74) is -0.969. The minimum atomic E-state index is -0.969. The third-order valence-corrected chi connectivity index (χ3v) is 2.27. The number of aliphatic hydroxyl groups is 1. The average molecular weight is 177 g/mol. The lowest BCUT2D eigenvalue weighted by atomic mass is 9.98. The summed E-state index contributed by atoms with van der Waals surface area (Å²) in [7, 11) is 1.57. The molecule has 5 heteroatoms. The summed E-state index contributed by atoms with van der Waals surface area (Å²) in [4.78, 5) is 16.1. The van der Waals surface area contributed by atoms with Gasteiger partial charge >= 0.3 is 5.97 Å². The van der Waals surface area contributed by atoms with Crippen LogP contribution in [0.3, 0.4) is 0 Å². The molecule has 0 spiro atoms. The number of carbonyl (C=O) groups excluding carboxylic acids is 1. The highest BCUT2D eigenvalue weighted by atomic mass is 17.1. The molecule has 1 atom stereocenters. The molecule has 2 N–H and O–H groups in total. The first-order valence-corrected chi connectivity index (χ1v) is 3.70. The fraction of sp³-hybridized carbons (Fsp3) is 0.857. The van der Waals surface area contributed by atoms with Gasteiger partial charge in [-0.2, -0.15) is 5.26 Å². The van der Waals surface area contributed by atoms with E-state index in [0.717, 1.165) is 0 Å². The minimum absolute atomic E-state index is 0.264. The van der Waals surface area contributed by atoms with Crippen molar-refractivity contribution in [1.29, 1.82) is 0 Å². The Labute approximate surface area is 71.5 Å². The van der Waals surface area contributed by atoms with E-state index in [0.29, 0.717) is 6.42 Å². The number of likely N-dealkylation sites (N-methyl/N-ethyl adjacent to an activating group) is 1. The summed E-state index contributed by atoms with van der Waals surface area (Å²) < 4.78 is 0. The molecule has 5 nitrogen and oxygen atoms in total. The number of carbonyl (C=O) groups is 1. The van der Waals surface area contributed by atoms with Crippen LogP contribution < -0.4 is 0 Å². The van der Waals surface area contributed by atoms with E-state index in [1.807, 2.05) is 0 Å². The van der Waals surface area contributed by atoms with Crippen molar-refractivity contribution in [3.8, 4) is 0 Å². The topological polar surface area (TPSA) is 70.0 Å². The molecular formula is C7H15NO4. The van der Waals surface area contributed by atoms with Gasteiger partial charge < -0.3 is 5.11 Å². The summed E-state index contributed by atoms with van der Waals surface area (Å²) in [6.45, 7) is 3.09. The lowest BCUT2D eigenvalue weighted by Gasteiger charge is -2.32. The molecule has 0 aliphatic heterocycles. The van der Waals surface area contributed by atoms with Crippen molar-refractivity contribution in [2.24, 2.45) is 0 Å². The number of hydrogen-bond acceptors (Lipinski definition) is 5. The lowest BCUT2D eigenvalue weighted by molar-refractivity contribution is -0.246. The first-order chi connectivity index (χ1) is 5.52. The van der Waals surface area contributed by atoms with Gasteiger partial charge in [0.05, 0.1) is 6.73 Å². The van der Waals surface area contributed by atoms with E-state index in [-0.39, 0.29) is 6.73 Å². The molecule has 0 aliphatic rings. The molecule has 0 fully saturated rings. The van der Waals surface area contributed by atoms with E-state index in [9.17, 15) is 4.79 Å². The number of hydrogen-bond donors (Lipinski definition) is 2. The number of rotatable bonds is 4. The molecule has 0 saturated carbocycles. The number of aliphatic hydroxyl groups excluding tert-OH is 1. The fourth-order valence-electron chi connectivity index (χ4n) is 0.824. The highest BCUT2D eigenvalue weighted by molar-refractivity contribution is 5.79. The monoisotopic (exact) mass is 177 g/mol. The summed E-state index contributed by atoms with van der Waals surface area (Å²) >= 11 is 0. The Morgan fingerprint density at radius 3 is 2.42 bits per heavy atom. The molecule has 0 saturated heterocycles. The van der Waals surface area contributed by atoms with E-state index in [1.165, 1.54) is 4.90 Å². The van der Waals surface area contributed by atoms with Crippen LogP contribution in [0.1, 0.15) is 20.3 Å². The van der Waals surface area contributed by atoms with Crippen LogP contribution in [-0.4, -0.2) is 40.6 Å². The molecule has 0 aliphatic carbocycles. The zero-order chi connectivity index (χ0) is 9.78. The standard InChI is InChI=1S/C7H15NO4/c1-4-7(2,6(10)12-11)8(3)5-9/h9,11H,4-5H2,1-3H3. The van der Waals surface area contributed by atoms with Gasteiger partial charge in [0.2, 0.25) is 0 Å². The Kier molecular flexibility index (Phi) is 4.16. The SMILES string of the molecule is CCC(C)(C(=O)OO)N(C)CO. The molecule has 12 heavy (non-hydrogen) atoms. The molecule has 72 valence electrons. The van der Waals surface area contributed by atoms with E-state index >= 15 is 0 Å². The van der Waals surface area contributed by atoms with Crippen molar-refractivity contribution in [3.05, 3.63) is 0 Å². The van der Waals surface area contributed by atoms with E-state index < -0.39 is 11.5 Å². The molecule has 0 aromatic carbocycles. The summed E-state index contributed by atoms with van der Waals surface area (Å²) in [5.74, 6) is -0.762. The van der Waals surface area contributed by atoms with Gasteiger partial charge in [-0.15, -0.1) is 0 Å². The van der Waals surface area contributed by atoms with Crippen molar-refractivity contribution in [2.75, 3.05) is 13.8 Å². The molecule has 0 heterocycles. The predicted molar refractivity (Wildman–Crippen MR) is 42.3 cm³/mol. The van der Waals surface area contributed by atoms with Gasteiger partial charge in [0.25, 0.3) is 0 Å². The fourth-order valence-corrected chi connectivity index (χ4v) is 0.824. The molecule has 0 aromatic heterocycles. The number of nitrogens with zero attached hydrogens (tertiary/aromatic N) is 1. The summed E-state index contributed by atoms with van der Waals surface area (Å²) in [6.07, 6.45) is 0.448. The van der Waals surface area contributed by atoms with Crippen LogP contribution in [0, 0.1) is 0 Å². The first kappa shape index (κ1) is 11.4. The summed E-state index contributed by atoms with van der Waals surface area (Å²) in [5, 5.41) is 17.0. The van der Waals surface area contributed by atoms with Gasteiger partial charge in [0, 0.05) is 0 Å². The van der Waals surface area contributed by atoms with Crippen molar-refractivity contribution in [2.45, 2.75) is 25.8 Å². The third kappa shape index (κ3) is 1.94. The maximum Gasteiger partial charge on any atom is 0.361 e. The van der Waals surface area contributed by atoms with Gasteiger partial charge in [0.1, 0.15) is 5.54 Å². The van der Waals surface area contributed by atoms with E-state index in [4.69, 9.17) is 10.4 Å². The Balaban J connectivity index is 4.54. The maximum absolute atomic E-state index is 11.0. The van der Waals surface area contributed by atoms with Gasteiger partial charge in [0.15, 0.2) is 0 Å². The van der Waals surface area contributed by atoms with Gasteiger partial charge in [-0.1, -0.05) is 6.92 Å². The normalized spacial score (nSPS) is 15.8. The zero-order valence-corrected chi connectivity index (χ0v) is 7.57. The lowest BCUT2D eigenvalue weighted by Crippen LogP contribution is -2.51. The van der Waals surface area contributed by atoms with Crippen LogP contribution in [-0.2, 0) is 9.68 Å².